The zero-order valence-corrected chi connectivity index (χ0v) is 11.4. The lowest BCUT2D eigenvalue weighted by molar-refractivity contribution is 0.414. The number of aromatic nitrogens is 2. The summed E-state index contributed by atoms with van der Waals surface area (Å²) >= 11 is 0. The molecule has 0 bridgehead atoms. The van der Waals surface area contributed by atoms with E-state index in [0.717, 1.165) is 5.56 Å². The van der Waals surface area contributed by atoms with Crippen molar-refractivity contribution in [2.24, 2.45) is 0 Å². The number of nitrogens with zero attached hydrogens (tertiary/aromatic N) is 1. The predicted molar refractivity (Wildman–Crippen MR) is 81.3 cm³/mol. The summed E-state index contributed by atoms with van der Waals surface area (Å²) in [6, 6.07) is 13.1. The molecule has 4 heteroatoms. The van der Waals surface area contributed by atoms with Gasteiger partial charge in [-0.15, -0.1) is 0 Å². The Morgan fingerprint density at radius 3 is 2.62 bits per heavy atom. The van der Waals surface area contributed by atoms with Crippen LogP contribution in [-0.2, 0) is 0 Å². The van der Waals surface area contributed by atoms with E-state index in [0.29, 0.717) is 22.1 Å². The number of aromatic amines is 1. The summed E-state index contributed by atoms with van der Waals surface area (Å²) in [5.74, 6) is 6.78. The molecule has 0 aliphatic heterocycles. The Morgan fingerprint density at radius 2 is 1.86 bits per heavy atom. The van der Waals surface area contributed by atoms with Crippen molar-refractivity contribution in [2.75, 3.05) is 7.11 Å². The number of ether oxygens (including phenoxy) is 1. The molecule has 2 aromatic carbocycles. The maximum atomic E-state index is 11.8. The van der Waals surface area contributed by atoms with E-state index >= 15 is 0 Å². The number of benzene rings is 2. The standard InChI is InChI=1S/C17H12N2O2/c1-21-16-10-9-14-15(11-18-19-17(14)20)13(16)8-7-12-5-3-2-4-6-12/h2-6,9-11H,1H3,(H,19,20). The number of hydrogen-bond acceptors (Lipinski definition) is 3. The van der Waals surface area contributed by atoms with Gasteiger partial charge in [0.2, 0.25) is 0 Å². The van der Waals surface area contributed by atoms with E-state index in [4.69, 9.17) is 4.74 Å². The number of hydrogen-bond donors (Lipinski definition) is 1. The van der Waals surface area contributed by atoms with E-state index in [9.17, 15) is 4.79 Å². The SMILES string of the molecule is COc1ccc2c(=O)[nH]ncc2c1C#Cc1ccccc1. The first kappa shape index (κ1) is 12.9. The van der Waals surface area contributed by atoms with Crippen molar-refractivity contribution >= 4 is 10.8 Å². The van der Waals surface area contributed by atoms with Crippen LogP contribution in [0.5, 0.6) is 5.75 Å². The van der Waals surface area contributed by atoms with Gasteiger partial charge in [-0.25, -0.2) is 5.10 Å². The Labute approximate surface area is 121 Å². The van der Waals surface area contributed by atoms with Gasteiger partial charge in [0.05, 0.1) is 24.3 Å². The highest BCUT2D eigenvalue weighted by molar-refractivity contribution is 5.89. The van der Waals surface area contributed by atoms with E-state index in [-0.39, 0.29) is 5.56 Å². The van der Waals surface area contributed by atoms with Crippen LogP contribution in [0.4, 0.5) is 0 Å². The average molecular weight is 276 g/mol. The molecule has 0 saturated carbocycles. The molecule has 0 aliphatic carbocycles. The van der Waals surface area contributed by atoms with Crippen LogP contribution in [0.25, 0.3) is 10.8 Å². The van der Waals surface area contributed by atoms with Crippen molar-refractivity contribution in [1.29, 1.82) is 0 Å². The zero-order chi connectivity index (χ0) is 14.7. The molecule has 4 nitrogen and oxygen atoms in total. The highest BCUT2D eigenvalue weighted by Gasteiger charge is 2.08. The number of rotatable bonds is 1. The lowest BCUT2D eigenvalue weighted by Gasteiger charge is -2.06. The van der Waals surface area contributed by atoms with Crippen molar-refractivity contribution in [3.05, 3.63) is 70.1 Å². The molecule has 0 spiro atoms. The minimum absolute atomic E-state index is 0.238. The van der Waals surface area contributed by atoms with E-state index in [1.807, 2.05) is 30.3 Å². The number of fused-ring (bicyclic) bond motifs is 1. The second kappa shape index (κ2) is 5.51. The van der Waals surface area contributed by atoms with Gasteiger partial charge in [0.1, 0.15) is 5.75 Å². The second-order valence-corrected chi connectivity index (χ2v) is 4.42. The lowest BCUT2D eigenvalue weighted by Crippen LogP contribution is -2.08. The van der Waals surface area contributed by atoms with Crippen LogP contribution in [0.15, 0.2) is 53.5 Å². The van der Waals surface area contributed by atoms with Crippen LogP contribution >= 0.6 is 0 Å². The van der Waals surface area contributed by atoms with Crippen LogP contribution < -0.4 is 10.3 Å². The van der Waals surface area contributed by atoms with Gasteiger partial charge in [-0.2, -0.15) is 5.10 Å². The Morgan fingerprint density at radius 1 is 1.05 bits per heavy atom. The van der Waals surface area contributed by atoms with Crippen molar-refractivity contribution in [3.8, 4) is 17.6 Å². The Bertz CT molecular complexity index is 903. The Balaban J connectivity index is 2.24. The molecule has 21 heavy (non-hydrogen) atoms. The topological polar surface area (TPSA) is 55.0 Å². The molecule has 3 aromatic rings. The van der Waals surface area contributed by atoms with Crippen LogP contribution in [0.1, 0.15) is 11.1 Å². The molecule has 0 fully saturated rings. The smallest absolute Gasteiger partial charge is 0.272 e. The first-order chi connectivity index (χ1) is 10.3. The second-order valence-electron chi connectivity index (χ2n) is 4.42. The summed E-state index contributed by atoms with van der Waals surface area (Å²) in [4.78, 5) is 11.8. The molecule has 1 heterocycles. The monoisotopic (exact) mass is 276 g/mol. The van der Waals surface area contributed by atoms with Crippen LogP contribution in [0.2, 0.25) is 0 Å². The molecule has 0 unspecified atom stereocenters. The summed E-state index contributed by atoms with van der Waals surface area (Å²) in [6.07, 6.45) is 1.59. The third kappa shape index (κ3) is 2.49. The minimum atomic E-state index is -0.238. The van der Waals surface area contributed by atoms with Gasteiger partial charge >= 0.3 is 0 Å². The molecule has 0 aliphatic rings. The maximum Gasteiger partial charge on any atom is 0.272 e. The molecular weight excluding hydrogens is 264 g/mol. The highest BCUT2D eigenvalue weighted by atomic mass is 16.5. The first-order valence-corrected chi connectivity index (χ1v) is 6.41. The Kier molecular flexibility index (Phi) is 3.40. The zero-order valence-electron chi connectivity index (χ0n) is 11.4. The molecule has 1 aromatic heterocycles. The molecule has 3 rings (SSSR count). The molecule has 0 radical (unpaired) electrons. The number of H-pyrrole nitrogens is 1. The molecule has 0 saturated heterocycles. The fraction of sp³-hybridized carbons (Fsp3) is 0.0588. The number of nitrogens with one attached hydrogen (secondary N) is 1. The normalized spacial score (nSPS) is 9.95. The summed E-state index contributed by atoms with van der Waals surface area (Å²) in [6.45, 7) is 0. The van der Waals surface area contributed by atoms with Crippen molar-refractivity contribution < 1.29 is 4.74 Å². The van der Waals surface area contributed by atoms with Gasteiger partial charge in [-0.05, 0) is 24.3 Å². The predicted octanol–water partition coefficient (Wildman–Crippen LogP) is 2.33. The summed E-state index contributed by atoms with van der Waals surface area (Å²) in [5.41, 5.74) is 1.32. The fourth-order valence-corrected chi connectivity index (χ4v) is 2.10. The van der Waals surface area contributed by atoms with Gasteiger partial charge in [0.25, 0.3) is 5.56 Å². The molecule has 0 amide bonds. The average Bonchev–Trinajstić information content (AvgIpc) is 2.54. The van der Waals surface area contributed by atoms with Crippen molar-refractivity contribution in [2.45, 2.75) is 0 Å². The van der Waals surface area contributed by atoms with Gasteiger partial charge in [0, 0.05) is 10.9 Å². The van der Waals surface area contributed by atoms with Crippen LogP contribution in [0.3, 0.4) is 0 Å². The summed E-state index contributed by atoms with van der Waals surface area (Å²) < 4.78 is 5.34. The van der Waals surface area contributed by atoms with Gasteiger partial charge < -0.3 is 4.74 Å². The Hall–Kier alpha value is -3.06. The highest BCUT2D eigenvalue weighted by Crippen LogP contribution is 2.24. The van der Waals surface area contributed by atoms with E-state index < -0.39 is 0 Å². The van der Waals surface area contributed by atoms with Crippen molar-refractivity contribution in [3.63, 3.8) is 0 Å². The van der Waals surface area contributed by atoms with E-state index in [1.54, 1.807) is 25.4 Å². The minimum Gasteiger partial charge on any atom is -0.495 e. The first-order valence-electron chi connectivity index (χ1n) is 6.41. The van der Waals surface area contributed by atoms with E-state index in [2.05, 4.69) is 22.0 Å². The third-order valence-electron chi connectivity index (χ3n) is 3.14. The van der Waals surface area contributed by atoms with Crippen LogP contribution in [-0.4, -0.2) is 17.3 Å². The molecular formula is C17H12N2O2. The quantitative estimate of drug-likeness (QED) is 0.694. The summed E-state index contributed by atoms with van der Waals surface area (Å²) in [7, 11) is 1.58. The molecule has 0 atom stereocenters. The number of methoxy groups -OCH3 is 1. The van der Waals surface area contributed by atoms with Gasteiger partial charge in [-0.3, -0.25) is 4.79 Å². The molecule has 1 N–H and O–H groups in total. The van der Waals surface area contributed by atoms with Crippen LogP contribution in [0, 0.1) is 11.8 Å². The van der Waals surface area contributed by atoms with Crippen molar-refractivity contribution in [1.82, 2.24) is 10.2 Å². The maximum absolute atomic E-state index is 11.8. The molecule has 102 valence electrons. The van der Waals surface area contributed by atoms with E-state index in [1.165, 1.54) is 0 Å². The summed E-state index contributed by atoms with van der Waals surface area (Å²) in [5, 5.41) is 7.49. The fourth-order valence-electron chi connectivity index (χ4n) is 2.10. The largest absolute Gasteiger partial charge is 0.495 e. The van der Waals surface area contributed by atoms with Gasteiger partial charge in [0.15, 0.2) is 0 Å². The third-order valence-corrected chi connectivity index (χ3v) is 3.14. The van der Waals surface area contributed by atoms with Gasteiger partial charge in [-0.1, -0.05) is 30.0 Å². The lowest BCUT2D eigenvalue weighted by atomic mass is 10.1.